The van der Waals surface area contributed by atoms with Gasteiger partial charge >= 0.3 is 0 Å². The summed E-state index contributed by atoms with van der Waals surface area (Å²) in [6.07, 6.45) is 6.07. The van der Waals surface area contributed by atoms with E-state index in [4.69, 9.17) is 9.47 Å². The van der Waals surface area contributed by atoms with Gasteiger partial charge in [-0.1, -0.05) is 18.2 Å². The molecule has 3 rings (SSSR count). The van der Waals surface area contributed by atoms with Gasteiger partial charge in [-0.25, -0.2) is 4.39 Å². The van der Waals surface area contributed by atoms with Gasteiger partial charge in [0.1, 0.15) is 12.4 Å². The maximum absolute atomic E-state index is 13.8. The van der Waals surface area contributed by atoms with Crippen molar-refractivity contribution in [2.75, 3.05) is 32.9 Å². The van der Waals surface area contributed by atoms with E-state index in [0.29, 0.717) is 12.5 Å². The molecule has 0 spiro atoms. The van der Waals surface area contributed by atoms with Crippen LogP contribution in [0, 0.1) is 11.7 Å². The zero-order chi connectivity index (χ0) is 17.5. The molecule has 0 N–H and O–H groups in total. The zero-order valence-corrected chi connectivity index (χ0v) is 14.8. The molecule has 25 heavy (non-hydrogen) atoms. The third kappa shape index (κ3) is 5.51. The van der Waals surface area contributed by atoms with Crippen molar-refractivity contribution in [2.45, 2.75) is 44.6 Å². The SMILES string of the molecule is O=C(COC[C@@H]1CCCCO1)N1CCC(Cc2ccccc2F)CC1. The Morgan fingerprint density at radius 1 is 1.20 bits per heavy atom. The molecule has 1 amide bonds. The van der Waals surface area contributed by atoms with E-state index in [0.717, 1.165) is 57.4 Å². The van der Waals surface area contributed by atoms with E-state index < -0.39 is 0 Å². The number of carbonyl (C=O) groups excluding carboxylic acids is 1. The molecule has 1 aromatic carbocycles. The summed E-state index contributed by atoms with van der Waals surface area (Å²) in [5, 5.41) is 0. The first-order chi connectivity index (χ1) is 12.2. The Labute approximate surface area is 149 Å². The molecule has 2 aliphatic heterocycles. The van der Waals surface area contributed by atoms with Gasteiger partial charge in [0.15, 0.2) is 0 Å². The number of piperidine rings is 1. The highest BCUT2D eigenvalue weighted by molar-refractivity contribution is 5.77. The van der Waals surface area contributed by atoms with Crippen LogP contribution < -0.4 is 0 Å². The van der Waals surface area contributed by atoms with Gasteiger partial charge < -0.3 is 14.4 Å². The van der Waals surface area contributed by atoms with Gasteiger partial charge in [-0.2, -0.15) is 0 Å². The summed E-state index contributed by atoms with van der Waals surface area (Å²) < 4.78 is 24.9. The first-order valence-electron chi connectivity index (χ1n) is 9.43. The number of halogens is 1. The Kier molecular flexibility index (Phi) is 6.82. The Balaban J connectivity index is 1.35. The summed E-state index contributed by atoms with van der Waals surface area (Å²) in [6, 6.07) is 6.97. The maximum atomic E-state index is 13.8. The molecule has 0 aromatic heterocycles. The van der Waals surface area contributed by atoms with Crippen molar-refractivity contribution < 1.29 is 18.7 Å². The van der Waals surface area contributed by atoms with Crippen LogP contribution in [0.4, 0.5) is 4.39 Å². The molecular weight excluding hydrogens is 321 g/mol. The molecule has 0 saturated carbocycles. The van der Waals surface area contributed by atoms with E-state index in [2.05, 4.69) is 0 Å². The van der Waals surface area contributed by atoms with E-state index in [1.165, 1.54) is 12.5 Å². The standard InChI is InChI=1S/C20H28FNO3/c21-19-7-2-1-5-17(19)13-16-8-10-22(11-9-16)20(23)15-24-14-18-6-3-4-12-25-18/h1-2,5,7,16,18H,3-4,6,8-15H2/t18-/m0/s1. The minimum absolute atomic E-state index is 0.0557. The lowest BCUT2D eigenvalue weighted by Crippen LogP contribution is -2.41. The Morgan fingerprint density at radius 2 is 2.00 bits per heavy atom. The highest BCUT2D eigenvalue weighted by atomic mass is 19.1. The molecule has 0 unspecified atom stereocenters. The van der Waals surface area contributed by atoms with Gasteiger partial charge in [-0.05, 0) is 56.1 Å². The summed E-state index contributed by atoms with van der Waals surface area (Å²) in [5.74, 6) is 0.372. The minimum Gasteiger partial charge on any atom is -0.376 e. The second-order valence-electron chi connectivity index (χ2n) is 7.12. The molecule has 0 radical (unpaired) electrons. The molecule has 2 fully saturated rings. The summed E-state index contributed by atoms with van der Waals surface area (Å²) in [6.45, 7) is 2.92. The first-order valence-corrected chi connectivity index (χ1v) is 9.43. The fourth-order valence-corrected chi connectivity index (χ4v) is 3.67. The molecule has 5 heteroatoms. The quantitative estimate of drug-likeness (QED) is 0.792. The Bertz CT molecular complexity index is 552. The lowest BCUT2D eigenvalue weighted by molar-refractivity contribution is -0.139. The van der Waals surface area contributed by atoms with Gasteiger partial charge in [0.25, 0.3) is 0 Å². The average Bonchev–Trinajstić information content (AvgIpc) is 2.65. The molecule has 4 nitrogen and oxygen atoms in total. The molecule has 2 saturated heterocycles. The van der Waals surface area contributed by atoms with Crippen LogP contribution in [0.2, 0.25) is 0 Å². The third-order valence-electron chi connectivity index (χ3n) is 5.24. The van der Waals surface area contributed by atoms with Crippen molar-refractivity contribution in [3.05, 3.63) is 35.6 Å². The molecule has 0 aliphatic carbocycles. The highest BCUT2D eigenvalue weighted by Gasteiger charge is 2.24. The maximum Gasteiger partial charge on any atom is 0.248 e. The fourth-order valence-electron chi connectivity index (χ4n) is 3.67. The van der Waals surface area contributed by atoms with E-state index in [9.17, 15) is 9.18 Å². The molecule has 1 aromatic rings. The number of carbonyl (C=O) groups is 1. The van der Waals surface area contributed by atoms with E-state index >= 15 is 0 Å². The largest absolute Gasteiger partial charge is 0.376 e. The van der Waals surface area contributed by atoms with Crippen LogP contribution in [0.25, 0.3) is 0 Å². The fraction of sp³-hybridized carbons (Fsp3) is 0.650. The molecular formula is C20H28FNO3. The lowest BCUT2D eigenvalue weighted by Gasteiger charge is -2.32. The van der Waals surface area contributed by atoms with Crippen molar-refractivity contribution in [2.24, 2.45) is 5.92 Å². The van der Waals surface area contributed by atoms with Crippen LogP contribution in [0.1, 0.15) is 37.7 Å². The monoisotopic (exact) mass is 349 g/mol. The minimum atomic E-state index is -0.126. The predicted octanol–water partition coefficient (Wildman–Crippen LogP) is 3.19. The molecule has 1 atom stereocenters. The summed E-state index contributed by atoms with van der Waals surface area (Å²) in [5.41, 5.74) is 0.781. The number of hydrogen-bond donors (Lipinski definition) is 0. The topological polar surface area (TPSA) is 38.8 Å². The first kappa shape index (κ1) is 18.3. The van der Waals surface area contributed by atoms with Crippen molar-refractivity contribution in [1.29, 1.82) is 0 Å². The van der Waals surface area contributed by atoms with Crippen LogP contribution in [0.5, 0.6) is 0 Å². The molecule has 138 valence electrons. The zero-order valence-electron chi connectivity index (χ0n) is 14.8. The van der Waals surface area contributed by atoms with Crippen molar-refractivity contribution in [1.82, 2.24) is 4.90 Å². The van der Waals surface area contributed by atoms with Crippen LogP contribution >= 0.6 is 0 Å². The smallest absolute Gasteiger partial charge is 0.248 e. The second kappa shape index (κ2) is 9.30. The highest BCUT2D eigenvalue weighted by Crippen LogP contribution is 2.23. The van der Waals surface area contributed by atoms with Crippen LogP contribution in [0.3, 0.4) is 0 Å². The summed E-state index contributed by atoms with van der Waals surface area (Å²) in [7, 11) is 0. The van der Waals surface area contributed by atoms with Crippen molar-refractivity contribution in [3.8, 4) is 0 Å². The normalized spacial score (nSPS) is 22.1. The van der Waals surface area contributed by atoms with E-state index in [1.54, 1.807) is 6.07 Å². The van der Waals surface area contributed by atoms with Crippen LogP contribution in [0.15, 0.2) is 24.3 Å². The number of rotatable bonds is 6. The predicted molar refractivity (Wildman–Crippen MR) is 93.8 cm³/mol. The third-order valence-corrected chi connectivity index (χ3v) is 5.24. The van der Waals surface area contributed by atoms with Gasteiger partial charge in [0.2, 0.25) is 5.91 Å². The van der Waals surface area contributed by atoms with Crippen molar-refractivity contribution >= 4 is 5.91 Å². The van der Waals surface area contributed by atoms with Gasteiger partial charge in [-0.3, -0.25) is 4.79 Å². The average molecular weight is 349 g/mol. The van der Waals surface area contributed by atoms with Crippen LogP contribution in [-0.4, -0.2) is 49.8 Å². The number of nitrogens with zero attached hydrogens (tertiary/aromatic N) is 1. The second-order valence-corrected chi connectivity index (χ2v) is 7.12. The van der Waals surface area contributed by atoms with Gasteiger partial charge in [0, 0.05) is 19.7 Å². The van der Waals surface area contributed by atoms with Crippen molar-refractivity contribution in [3.63, 3.8) is 0 Å². The Hall–Kier alpha value is -1.46. The number of benzene rings is 1. The number of ether oxygens (including phenoxy) is 2. The van der Waals surface area contributed by atoms with E-state index in [1.807, 2.05) is 17.0 Å². The number of amides is 1. The van der Waals surface area contributed by atoms with E-state index in [-0.39, 0.29) is 24.4 Å². The molecule has 2 aliphatic rings. The van der Waals surface area contributed by atoms with Crippen LogP contribution in [-0.2, 0) is 20.7 Å². The number of likely N-dealkylation sites (tertiary alicyclic amines) is 1. The molecule has 0 bridgehead atoms. The summed E-state index contributed by atoms with van der Waals surface area (Å²) in [4.78, 5) is 14.1. The number of hydrogen-bond acceptors (Lipinski definition) is 3. The Morgan fingerprint density at radius 3 is 2.72 bits per heavy atom. The lowest BCUT2D eigenvalue weighted by atomic mass is 9.90. The molecule has 2 heterocycles. The summed E-state index contributed by atoms with van der Waals surface area (Å²) >= 11 is 0. The van der Waals surface area contributed by atoms with Gasteiger partial charge in [-0.15, -0.1) is 0 Å². The van der Waals surface area contributed by atoms with Gasteiger partial charge in [0.05, 0.1) is 12.7 Å².